The van der Waals surface area contributed by atoms with E-state index in [1.165, 1.54) is 57.4 Å². The van der Waals surface area contributed by atoms with Crippen molar-refractivity contribution in [3.8, 4) is 16.9 Å². The minimum absolute atomic E-state index is 0.0840. The van der Waals surface area contributed by atoms with Crippen molar-refractivity contribution < 1.29 is 61.9 Å². The van der Waals surface area contributed by atoms with Gasteiger partial charge in [-0.15, -0.1) is 0 Å². The van der Waals surface area contributed by atoms with Crippen LogP contribution in [0.5, 0.6) is 5.75 Å². The number of hydrogen-bond acceptors (Lipinski definition) is 13. The van der Waals surface area contributed by atoms with E-state index in [9.17, 15) is 28.8 Å². The van der Waals surface area contributed by atoms with Crippen LogP contribution in [0.1, 0.15) is 109 Å². The van der Waals surface area contributed by atoms with Gasteiger partial charge in [0, 0.05) is 11.1 Å². The quantitative estimate of drug-likeness (QED) is 0.0292. The van der Waals surface area contributed by atoms with E-state index in [1.807, 2.05) is 19.1 Å². The molecule has 1 fully saturated rings. The van der Waals surface area contributed by atoms with Gasteiger partial charge in [0.2, 0.25) is 0 Å². The second-order valence-corrected chi connectivity index (χ2v) is 16.4. The van der Waals surface area contributed by atoms with Gasteiger partial charge >= 0.3 is 35.8 Å². The summed E-state index contributed by atoms with van der Waals surface area (Å²) in [7, 11) is 2.25. The van der Waals surface area contributed by atoms with E-state index in [0.717, 1.165) is 54.7 Å². The Bertz CT molecular complexity index is 1820. The third-order valence-corrected chi connectivity index (χ3v) is 11.1. The summed E-state index contributed by atoms with van der Waals surface area (Å²) < 4.78 is 37.6. The molecular formula is C49H66O13. The van der Waals surface area contributed by atoms with Crippen LogP contribution in [0.3, 0.4) is 0 Å². The van der Waals surface area contributed by atoms with Crippen LogP contribution in [0.15, 0.2) is 60.7 Å². The number of rotatable bonds is 26. The molecule has 13 heteroatoms. The standard InChI is InChI=1S/C49H66O13/c1-9-12-35-14-16-36(17-15-35)18-19-37-20-22-39(23-21-37)41-25-40(13-11-24-58-47(54)33(3)4)42(26-38(41)10-2)59-29-49(32-62-48(55)34(5)6,30-60-45(52)27-43(50)56-7)31-61-46(53)28-44(51)57-8/h20-23,25-26,35-36H,3,5,9-19,24,27-32H2,1-2,4,6-8H3. The van der Waals surface area contributed by atoms with E-state index in [0.29, 0.717) is 25.0 Å². The van der Waals surface area contributed by atoms with Gasteiger partial charge in [0.05, 0.1) is 20.8 Å². The van der Waals surface area contributed by atoms with E-state index in [-0.39, 0.29) is 24.4 Å². The lowest BCUT2D eigenvalue weighted by atomic mass is 9.78. The predicted octanol–water partition coefficient (Wildman–Crippen LogP) is 8.20. The van der Waals surface area contributed by atoms with E-state index in [2.05, 4.69) is 53.8 Å². The van der Waals surface area contributed by atoms with Crippen LogP contribution in [0, 0.1) is 17.3 Å². The average molecular weight is 863 g/mol. The van der Waals surface area contributed by atoms with Gasteiger partial charge in [-0.2, -0.15) is 0 Å². The number of esters is 6. The number of hydrogen-bond donors (Lipinski definition) is 0. The number of carbonyl (C=O) groups is 6. The summed E-state index contributed by atoms with van der Waals surface area (Å²) in [4.78, 5) is 74.0. The van der Waals surface area contributed by atoms with E-state index >= 15 is 0 Å². The molecule has 0 N–H and O–H groups in total. The first kappa shape index (κ1) is 50.9. The smallest absolute Gasteiger partial charge is 0.333 e. The van der Waals surface area contributed by atoms with Gasteiger partial charge in [0.25, 0.3) is 0 Å². The Labute approximate surface area is 366 Å². The third kappa shape index (κ3) is 17.1. The van der Waals surface area contributed by atoms with Crippen LogP contribution in [0.4, 0.5) is 0 Å². The summed E-state index contributed by atoms with van der Waals surface area (Å²) in [5.74, 6) is -2.73. The predicted molar refractivity (Wildman–Crippen MR) is 233 cm³/mol. The van der Waals surface area contributed by atoms with Crippen LogP contribution in [0.25, 0.3) is 11.1 Å². The zero-order valence-corrected chi connectivity index (χ0v) is 37.6. The Morgan fingerprint density at radius 2 is 1.18 bits per heavy atom. The fourth-order valence-corrected chi connectivity index (χ4v) is 7.32. The van der Waals surface area contributed by atoms with Gasteiger partial charge < -0.3 is 33.2 Å². The highest BCUT2D eigenvalue weighted by molar-refractivity contribution is 5.91. The van der Waals surface area contributed by atoms with Crippen molar-refractivity contribution in [3.05, 3.63) is 77.4 Å². The van der Waals surface area contributed by atoms with Crippen LogP contribution < -0.4 is 4.74 Å². The van der Waals surface area contributed by atoms with E-state index in [1.54, 1.807) is 6.92 Å². The summed E-state index contributed by atoms with van der Waals surface area (Å²) in [5, 5.41) is 0. The van der Waals surface area contributed by atoms with Crippen LogP contribution >= 0.6 is 0 Å². The topological polar surface area (TPSA) is 167 Å². The lowest BCUT2D eigenvalue weighted by Crippen LogP contribution is -2.44. The summed E-state index contributed by atoms with van der Waals surface area (Å²) in [6.45, 7) is 12.9. The van der Waals surface area contributed by atoms with Crippen molar-refractivity contribution >= 4 is 35.8 Å². The molecule has 340 valence electrons. The molecule has 0 atom stereocenters. The minimum atomic E-state index is -1.55. The van der Waals surface area contributed by atoms with Gasteiger partial charge in [-0.25, -0.2) is 9.59 Å². The molecule has 0 radical (unpaired) electrons. The highest BCUT2D eigenvalue weighted by Gasteiger charge is 2.38. The fraction of sp³-hybridized carbons (Fsp3) is 0.551. The molecule has 0 aliphatic heterocycles. The monoisotopic (exact) mass is 862 g/mol. The Hall–Kier alpha value is -5.46. The summed E-state index contributed by atoms with van der Waals surface area (Å²) in [6, 6.07) is 12.7. The number of benzene rings is 2. The molecule has 1 saturated carbocycles. The summed E-state index contributed by atoms with van der Waals surface area (Å²) >= 11 is 0. The zero-order chi connectivity index (χ0) is 45.7. The van der Waals surface area contributed by atoms with Crippen molar-refractivity contribution in [2.24, 2.45) is 17.3 Å². The second-order valence-electron chi connectivity index (χ2n) is 16.4. The average Bonchev–Trinajstić information content (AvgIpc) is 3.26. The van der Waals surface area contributed by atoms with Crippen molar-refractivity contribution in [1.82, 2.24) is 0 Å². The van der Waals surface area contributed by atoms with Gasteiger partial charge in [-0.05, 0) is 97.7 Å². The van der Waals surface area contributed by atoms with Crippen molar-refractivity contribution in [2.45, 2.75) is 111 Å². The number of methoxy groups -OCH3 is 2. The highest BCUT2D eigenvalue weighted by Crippen LogP contribution is 2.36. The molecule has 0 saturated heterocycles. The molecule has 0 heterocycles. The maximum Gasteiger partial charge on any atom is 0.333 e. The van der Waals surface area contributed by atoms with Crippen LogP contribution in [-0.2, 0) is 76.5 Å². The molecule has 1 aliphatic carbocycles. The molecule has 0 amide bonds. The number of aryl methyl sites for hydroxylation is 3. The van der Waals surface area contributed by atoms with Gasteiger partial charge in [0.1, 0.15) is 50.4 Å². The Morgan fingerprint density at radius 3 is 1.69 bits per heavy atom. The summed E-state index contributed by atoms with van der Waals surface area (Å²) in [6.07, 6.45) is 10.2. The van der Waals surface area contributed by atoms with Crippen molar-refractivity contribution in [2.75, 3.05) is 47.3 Å². The maximum atomic E-state index is 12.7. The first-order valence-electron chi connectivity index (χ1n) is 21.6. The van der Waals surface area contributed by atoms with Gasteiger partial charge in [0.15, 0.2) is 0 Å². The molecule has 2 aromatic rings. The molecule has 1 aliphatic rings. The molecule has 3 rings (SSSR count). The summed E-state index contributed by atoms with van der Waals surface area (Å²) in [5.41, 5.74) is 3.90. The molecule has 13 nitrogen and oxygen atoms in total. The number of carbonyl (C=O) groups excluding carboxylic acids is 6. The van der Waals surface area contributed by atoms with Crippen molar-refractivity contribution in [1.29, 1.82) is 0 Å². The fourth-order valence-electron chi connectivity index (χ4n) is 7.32. The normalized spacial score (nSPS) is 14.8. The van der Waals surface area contributed by atoms with Gasteiger partial charge in [-0.1, -0.05) is 89.8 Å². The molecule has 62 heavy (non-hydrogen) atoms. The zero-order valence-electron chi connectivity index (χ0n) is 37.6. The first-order valence-corrected chi connectivity index (χ1v) is 21.6. The van der Waals surface area contributed by atoms with E-state index in [4.69, 9.17) is 23.7 Å². The first-order chi connectivity index (χ1) is 29.6. The largest absolute Gasteiger partial charge is 0.492 e. The third-order valence-electron chi connectivity index (χ3n) is 11.1. The molecular weight excluding hydrogens is 797 g/mol. The minimum Gasteiger partial charge on any atom is -0.492 e. The Balaban J connectivity index is 1.98. The lowest BCUT2D eigenvalue weighted by Gasteiger charge is -2.32. The van der Waals surface area contributed by atoms with Crippen molar-refractivity contribution in [3.63, 3.8) is 0 Å². The van der Waals surface area contributed by atoms with E-state index < -0.39 is 73.9 Å². The van der Waals surface area contributed by atoms with Crippen LogP contribution in [-0.4, -0.2) is 83.1 Å². The SMILES string of the molecule is C=C(C)C(=O)OCCCc1cc(-c2ccc(CCC3CCC(CCC)CC3)cc2)c(CC)cc1OCC(COC(=O)CC(=O)OC)(COC(=O)CC(=O)OC)COC(=O)C(=C)C. The molecule has 0 bridgehead atoms. The van der Waals surface area contributed by atoms with Crippen LogP contribution in [0.2, 0.25) is 0 Å². The molecule has 2 aromatic carbocycles. The molecule has 0 spiro atoms. The second kappa shape index (κ2) is 26.1. The van der Waals surface area contributed by atoms with Gasteiger partial charge in [-0.3, -0.25) is 19.2 Å². The maximum absolute atomic E-state index is 12.7. The molecule has 0 aromatic heterocycles. The Kier molecular flexibility index (Phi) is 21.4. The molecule has 0 unspecified atom stereocenters. The lowest BCUT2D eigenvalue weighted by molar-refractivity contribution is -0.165. The number of ether oxygens (including phenoxy) is 7. The highest BCUT2D eigenvalue weighted by atomic mass is 16.6. The Morgan fingerprint density at radius 1 is 0.645 bits per heavy atom.